The van der Waals surface area contributed by atoms with Gasteiger partial charge in [0.2, 0.25) is 5.91 Å². The highest BCUT2D eigenvalue weighted by molar-refractivity contribution is 7.13. The lowest BCUT2D eigenvalue weighted by atomic mass is 9.78. The first-order valence-corrected chi connectivity index (χ1v) is 11.2. The molecule has 1 aliphatic heterocycles. The normalized spacial score (nSPS) is 18.1. The maximum Gasteiger partial charge on any atom is 0.257 e. The Morgan fingerprint density at radius 2 is 1.87 bits per heavy atom. The standard InChI is InChI=1S/C25H26N2O3S/c1-26-24(29)25(16-18-8-3-4-9-19(18)22-12-7-15-31-22)13-14-27(17-25)23(28)20-10-5-6-11-21(20)30-2/h3-12,15H,13-14,16-17H2,1-2H3,(H,26,29)/t25-/m1/s1. The van der Waals surface area contributed by atoms with Crippen molar-refractivity contribution in [1.29, 1.82) is 0 Å². The van der Waals surface area contributed by atoms with Crippen molar-refractivity contribution >= 4 is 23.2 Å². The van der Waals surface area contributed by atoms with Crippen molar-refractivity contribution in [2.24, 2.45) is 5.41 Å². The van der Waals surface area contributed by atoms with Gasteiger partial charge in [-0.15, -0.1) is 11.3 Å². The van der Waals surface area contributed by atoms with Crippen LogP contribution in [0.25, 0.3) is 10.4 Å². The highest BCUT2D eigenvalue weighted by Crippen LogP contribution is 2.39. The number of methoxy groups -OCH3 is 1. The summed E-state index contributed by atoms with van der Waals surface area (Å²) in [6.07, 6.45) is 1.20. The van der Waals surface area contributed by atoms with Gasteiger partial charge in [0, 0.05) is 25.0 Å². The minimum absolute atomic E-state index is 0.0243. The molecule has 1 atom stereocenters. The summed E-state index contributed by atoms with van der Waals surface area (Å²) in [6, 6.07) is 19.6. The molecule has 1 fully saturated rings. The zero-order valence-electron chi connectivity index (χ0n) is 17.8. The van der Waals surface area contributed by atoms with E-state index in [2.05, 4.69) is 28.9 Å². The van der Waals surface area contributed by atoms with E-state index in [9.17, 15) is 9.59 Å². The summed E-state index contributed by atoms with van der Waals surface area (Å²) in [6.45, 7) is 0.911. The zero-order chi connectivity index (χ0) is 21.8. The highest BCUT2D eigenvalue weighted by Gasteiger charge is 2.46. The van der Waals surface area contributed by atoms with Gasteiger partial charge in [-0.25, -0.2) is 0 Å². The molecule has 2 heterocycles. The van der Waals surface area contributed by atoms with Gasteiger partial charge in [-0.3, -0.25) is 9.59 Å². The van der Waals surface area contributed by atoms with E-state index in [0.717, 1.165) is 11.1 Å². The second-order valence-corrected chi connectivity index (χ2v) is 8.80. The smallest absolute Gasteiger partial charge is 0.257 e. The van der Waals surface area contributed by atoms with Gasteiger partial charge in [-0.05, 0) is 47.5 Å². The number of rotatable bonds is 6. The van der Waals surface area contributed by atoms with E-state index in [4.69, 9.17) is 4.74 Å². The first kappa shape index (κ1) is 21.1. The molecule has 0 spiro atoms. The molecular weight excluding hydrogens is 408 g/mol. The van der Waals surface area contributed by atoms with Gasteiger partial charge in [-0.2, -0.15) is 0 Å². The van der Waals surface area contributed by atoms with Gasteiger partial charge >= 0.3 is 0 Å². The number of amides is 2. The number of thiophene rings is 1. The van der Waals surface area contributed by atoms with E-state index in [1.54, 1.807) is 42.5 Å². The van der Waals surface area contributed by atoms with Crippen molar-refractivity contribution in [3.05, 3.63) is 77.2 Å². The van der Waals surface area contributed by atoms with Crippen LogP contribution in [0.5, 0.6) is 5.75 Å². The van der Waals surface area contributed by atoms with Crippen LogP contribution in [-0.2, 0) is 11.2 Å². The Bertz CT molecular complexity index is 1080. The minimum atomic E-state index is -0.667. The number of carbonyl (C=O) groups is 2. The third kappa shape index (κ3) is 4.08. The molecule has 0 aliphatic carbocycles. The van der Waals surface area contributed by atoms with Crippen LogP contribution in [0.15, 0.2) is 66.0 Å². The Morgan fingerprint density at radius 1 is 1.10 bits per heavy atom. The van der Waals surface area contributed by atoms with Gasteiger partial charge in [0.05, 0.1) is 18.1 Å². The number of hydrogen-bond donors (Lipinski definition) is 1. The fraction of sp³-hybridized carbons (Fsp3) is 0.280. The lowest BCUT2D eigenvalue weighted by molar-refractivity contribution is -0.129. The summed E-state index contributed by atoms with van der Waals surface area (Å²) >= 11 is 1.69. The van der Waals surface area contributed by atoms with Crippen molar-refractivity contribution in [1.82, 2.24) is 10.2 Å². The largest absolute Gasteiger partial charge is 0.496 e. The number of nitrogens with one attached hydrogen (secondary N) is 1. The maximum atomic E-state index is 13.2. The summed E-state index contributed by atoms with van der Waals surface area (Å²) in [7, 11) is 3.23. The number of hydrogen-bond acceptors (Lipinski definition) is 4. The molecule has 0 unspecified atom stereocenters. The Hall–Kier alpha value is -3.12. The van der Waals surface area contributed by atoms with E-state index in [1.165, 1.54) is 4.88 Å². The first-order valence-electron chi connectivity index (χ1n) is 10.3. The predicted octanol–water partition coefficient (Wildman–Crippen LogP) is 4.24. The molecule has 2 amide bonds. The molecule has 2 aromatic carbocycles. The number of benzene rings is 2. The molecular formula is C25H26N2O3S. The third-order valence-electron chi connectivity index (χ3n) is 6.02. The second-order valence-electron chi connectivity index (χ2n) is 7.85. The van der Waals surface area contributed by atoms with Crippen LogP contribution in [0.3, 0.4) is 0 Å². The van der Waals surface area contributed by atoms with Crippen molar-refractivity contribution < 1.29 is 14.3 Å². The molecule has 3 aromatic rings. The van der Waals surface area contributed by atoms with Gasteiger partial charge in [0.15, 0.2) is 0 Å². The Labute approximate surface area is 186 Å². The summed E-state index contributed by atoms with van der Waals surface area (Å²) < 4.78 is 5.37. The average Bonchev–Trinajstić information content (AvgIpc) is 3.49. The second kappa shape index (κ2) is 8.94. The lowest BCUT2D eigenvalue weighted by Crippen LogP contribution is -2.44. The quantitative estimate of drug-likeness (QED) is 0.631. The molecule has 160 valence electrons. The summed E-state index contributed by atoms with van der Waals surface area (Å²) in [5.74, 6) is 0.423. The zero-order valence-corrected chi connectivity index (χ0v) is 18.6. The first-order chi connectivity index (χ1) is 15.1. The molecule has 4 rings (SSSR count). The van der Waals surface area contributed by atoms with Crippen LogP contribution in [0, 0.1) is 5.41 Å². The van der Waals surface area contributed by atoms with Crippen LogP contribution >= 0.6 is 11.3 Å². The van der Waals surface area contributed by atoms with Crippen molar-refractivity contribution in [2.75, 3.05) is 27.2 Å². The summed E-state index contributed by atoms with van der Waals surface area (Å²) in [4.78, 5) is 29.3. The minimum Gasteiger partial charge on any atom is -0.496 e. The van der Waals surface area contributed by atoms with Crippen LogP contribution < -0.4 is 10.1 Å². The van der Waals surface area contributed by atoms with Gasteiger partial charge in [0.25, 0.3) is 5.91 Å². The Balaban J connectivity index is 1.64. The topological polar surface area (TPSA) is 58.6 Å². The molecule has 1 saturated heterocycles. The van der Waals surface area contributed by atoms with Crippen LogP contribution in [0.2, 0.25) is 0 Å². The average molecular weight is 435 g/mol. The van der Waals surface area contributed by atoms with E-state index < -0.39 is 5.41 Å². The van der Waals surface area contributed by atoms with Crippen molar-refractivity contribution in [3.63, 3.8) is 0 Å². The number of ether oxygens (including phenoxy) is 1. The van der Waals surface area contributed by atoms with E-state index >= 15 is 0 Å². The molecule has 5 nitrogen and oxygen atoms in total. The maximum absolute atomic E-state index is 13.2. The predicted molar refractivity (Wildman–Crippen MR) is 123 cm³/mol. The van der Waals surface area contributed by atoms with E-state index in [1.807, 2.05) is 30.3 Å². The number of para-hydroxylation sites is 1. The summed E-state index contributed by atoms with van der Waals surface area (Å²) in [5.41, 5.74) is 2.13. The van der Waals surface area contributed by atoms with E-state index in [-0.39, 0.29) is 11.8 Å². The summed E-state index contributed by atoms with van der Waals surface area (Å²) in [5, 5.41) is 4.90. The molecule has 6 heteroatoms. The fourth-order valence-corrected chi connectivity index (χ4v) is 5.21. The molecule has 1 aliphatic rings. The van der Waals surface area contributed by atoms with Gasteiger partial charge in [-0.1, -0.05) is 42.5 Å². The molecule has 31 heavy (non-hydrogen) atoms. The molecule has 0 bridgehead atoms. The van der Waals surface area contributed by atoms with Crippen LogP contribution in [0.4, 0.5) is 0 Å². The molecule has 1 aromatic heterocycles. The third-order valence-corrected chi connectivity index (χ3v) is 6.92. The Kier molecular flexibility index (Phi) is 6.09. The van der Waals surface area contributed by atoms with Crippen LogP contribution in [-0.4, -0.2) is 44.0 Å². The van der Waals surface area contributed by atoms with Crippen LogP contribution in [0.1, 0.15) is 22.3 Å². The fourth-order valence-electron chi connectivity index (χ4n) is 4.42. The number of likely N-dealkylation sites (tertiary alicyclic amines) is 1. The lowest BCUT2D eigenvalue weighted by Gasteiger charge is -2.28. The molecule has 0 saturated carbocycles. The van der Waals surface area contributed by atoms with Crippen molar-refractivity contribution in [2.45, 2.75) is 12.8 Å². The Morgan fingerprint density at radius 3 is 2.61 bits per heavy atom. The number of carbonyl (C=O) groups excluding carboxylic acids is 2. The van der Waals surface area contributed by atoms with Crippen molar-refractivity contribution in [3.8, 4) is 16.2 Å². The highest BCUT2D eigenvalue weighted by atomic mass is 32.1. The number of nitrogens with zero attached hydrogens (tertiary/aromatic N) is 1. The SMILES string of the molecule is CNC(=O)[C@@]1(Cc2ccccc2-c2cccs2)CCN(C(=O)c2ccccc2OC)C1. The molecule has 0 radical (unpaired) electrons. The van der Waals surface area contributed by atoms with E-state index in [0.29, 0.717) is 37.2 Å². The van der Waals surface area contributed by atoms with Gasteiger partial charge in [0.1, 0.15) is 5.75 Å². The molecule has 1 N–H and O–H groups in total. The van der Waals surface area contributed by atoms with Gasteiger partial charge < -0.3 is 15.0 Å². The monoisotopic (exact) mass is 434 g/mol.